The standard InChI is InChI=1S/C21H28N4O3/c1-15-20-17(14-19(26)22-21(20)24-23-15)16-6-2-3-7-18(16)28-11-5-4-8-25-9-12-27-13-10-25/h2-3,6-7,17H,4-5,8-14H2,1H3,(H2,22,23,24,26). The van der Waals surface area contributed by atoms with Gasteiger partial charge in [-0.2, -0.15) is 5.10 Å². The highest BCUT2D eigenvalue weighted by Crippen LogP contribution is 2.41. The van der Waals surface area contributed by atoms with Crippen molar-refractivity contribution >= 4 is 11.7 Å². The third kappa shape index (κ3) is 4.20. The third-order valence-corrected chi connectivity index (χ3v) is 5.51. The molecule has 0 aliphatic carbocycles. The lowest BCUT2D eigenvalue weighted by Crippen LogP contribution is -2.36. The average molecular weight is 384 g/mol. The molecule has 150 valence electrons. The number of aromatic nitrogens is 2. The Morgan fingerprint density at radius 3 is 2.93 bits per heavy atom. The minimum Gasteiger partial charge on any atom is -0.493 e. The second-order valence-electron chi connectivity index (χ2n) is 7.46. The Morgan fingerprint density at radius 1 is 1.25 bits per heavy atom. The number of morpholine rings is 1. The van der Waals surface area contributed by atoms with Crippen LogP contribution in [0.4, 0.5) is 5.82 Å². The Hall–Kier alpha value is -2.38. The molecule has 0 radical (unpaired) electrons. The SMILES string of the molecule is Cc1[nH]nc2c1C(c1ccccc1OCCCCN1CCOCC1)CC(=O)N2. The molecule has 4 rings (SSSR count). The summed E-state index contributed by atoms with van der Waals surface area (Å²) in [5.41, 5.74) is 3.10. The molecule has 2 N–H and O–H groups in total. The molecule has 0 saturated carbocycles. The number of carbonyl (C=O) groups is 1. The molecule has 3 heterocycles. The van der Waals surface area contributed by atoms with E-state index in [1.807, 2.05) is 25.1 Å². The predicted molar refractivity (Wildman–Crippen MR) is 107 cm³/mol. The lowest BCUT2D eigenvalue weighted by molar-refractivity contribution is -0.116. The number of hydrogen-bond donors (Lipinski definition) is 2. The molecule has 2 aliphatic rings. The van der Waals surface area contributed by atoms with Crippen LogP contribution in [0, 0.1) is 6.92 Å². The quantitative estimate of drug-likeness (QED) is 0.718. The molecule has 1 atom stereocenters. The fourth-order valence-electron chi connectivity index (χ4n) is 4.04. The zero-order chi connectivity index (χ0) is 19.3. The minimum atomic E-state index is -0.0351. The van der Waals surface area contributed by atoms with Crippen molar-refractivity contribution in [3.63, 3.8) is 0 Å². The van der Waals surface area contributed by atoms with Crippen molar-refractivity contribution in [1.82, 2.24) is 15.1 Å². The topological polar surface area (TPSA) is 79.5 Å². The lowest BCUT2D eigenvalue weighted by Gasteiger charge is -2.26. The number of amides is 1. The summed E-state index contributed by atoms with van der Waals surface area (Å²) in [5.74, 6) is 1.45. The first-order chi connectivity index (χ1) is 13.7. The zero-order valence-corrected chi connectivity index (χ0v) is 16.4. The molecular formula is C21H28N4O3. The number of ether oxygens (including phenoxy) is 2. The third-order valence-electron chi connectivity index (χ3n) is 5.51. The van der Waals surface area contributed by atoms with Gasteiger partial charge in [-0.3, -0.25) is 14.8 Å². The molecule has 1 unspecified atom stereocenters. The van der Waals surface area contributed by atoms with Gasteiger partial charge in [0.1, 0.15) is 5.75 Å². The van der Waals surface area contributed by atoms with Crippen molar-refractivity contribution in [2.75, 3.05) is 44.8 Å². The molecule has 1 aromatic heterocycles. The summed E-state index contributed by atoms with van der Waals surface area (Å²) < 4.78 is 11.5. The van der Waals surface area contributed by atoms with Crippen LogP contribution in [0.5, 0.6) is 5.75 Å². The molecule has 1 aromatic carbocycles. The summed E-state index contributed by atoms with van der Waals surface area (Å²) in [6.45, 7) is 7.50. The van der Waals surface area contributed by atoms with Gasteiger partial charge in [-0.05, 0) is 32.4 Å². The first-order valence-electron chi connectivity index (χ1n) is 10.1. The number of anilines is 1. The van der Waals surface area contributed by atoms with Crippen LogP contribution in [0.2, 0.25) is 0 Å². The molecule has 28 heavy (non-hydrogen) atoms. The van der Waals surface area contributed by atoms with Crippen LogP contribution >= 0.6 is 0 Å². The number of carbonyl (C=O) groups excluding carboxylic acids is 1. The van der Waals surface area contributed by atoms with Gasteiger partial charge in [0, 0.05) is 42.2 Å². The zero-order valence-electron chi connectivity index (χ0n) is 16.4. The highest BCUT2D eigenvalue weighted by molar-refractivity contribution is 5.94. The molecule has 1 amide bonds. The number of unbranched alkanes of at least 4 members (excludes halogenated alkanes) is 1. The molecule has 7 nitrogen and oxygen atoms in total. The largest absolute Gasteiger partial charge is 0.493 e. The lowest BCUT2D eigenvalue weighted by atomic mass is 9.85. The van der Waals surface area contributed by atoms with Crippen LogP contribution < -0.4 is 10.1 Å². The van der Waals surface area contributed by atoms with Crippen molar-refractivity contribution in [3.8, 4) is 5.75 Å². The molecular weight excluding hydrogens is 356 g/mol. The summed E-state index contributed by atoms with van der Waals surface area (Å²) >= 11 is 0. The maximum atomic E-state index is 12.2. The maximum absolute atomic E-state index is 12.2. The number of para-hydroxylation sites is 1. The van der Waals surface area contributed by atoms with Crippen molar-refractivity contribution in [2.24, 2.45) is 0 Å². The van der Waals surface area contributed by atoms with E-state index in [0.29, 0.717) is 18.8 Å². The van der Waals surface area contributed by atoms with Crippen molar-refractivity contribution in [2.45, 2.75) is 32.1 Å². The Kier molecular flexibility index (Phi) is 5.92. The molecule has 7 heteroatoms. The van der Waals surface area contributed by atoms with Crippen LogP contribution in [-0.4, -0.2) is 60.5 Å². The Bertz CT molecular complexity index is 814. The van der Waals surface area contributed by atoms with E-state index >= 15 is 0 Å². The second-order valence-corrected chi connectivity index (χ2v) is 7.46. The van der Waals surface area contributed by atoms with Crippen molar-refractivity contribution in [3.05, 3.63) is 41.1 Å². The number of rotatable bonds is 7. The monoisotopic (exact) mass is 384 g/mol. The number of aromatic amines is 1. The molecule has 2 aromatic rings. The summed E-state index contributed by atoms with van der Waals surface area (Å²) in [5, 5.41) is 10.1. The molecule has 0 spiro atoms. The summed E-state index contributed by atoms with van der Waals surface area (Å²) in [6, 6.07) is 8.04. The van der Waals surface area contributed by atoms with Gasteiger partial charge in [-0.1, -0.05) is 18.2 Å². The van der Waals surface area contributed by atoms with Crippen LogP contribution in [0.3, 0.4) is 0 Å². The fourth-order valence-corrected chi connectivity index (χ4v) is 4.04. The Morgan fingerprint density at radius 2 is 2.07 bits per heavy atom. The number of hydrogen-bond acceptors (Lipinski definition) is 5. The van der Waals surface area contributed by atoms with Gasteiger partial charge in [0.25, 0.3) is 0 Å². The number of fused-ring (bicyclic) bond motifs is 1. The van der Waals surface area contributed by atoms with E-state index in [2.05, 4.69) is 26.5 Å². The van der Waals surface area contributed by atoms with E-state index in [9.17, 15) is 4.79 Å². The van der Waals surface area contributed by atoms with Gasteiger partial charge in [0.2, 0.25) is 5.91 Å². The van der Waals surface area contributed by atoms with Gasteiger partial charge < -0.3 is 14.8 Å². The Labute approximate surface area is 165 Å². The van der Waals surface area contributed by atoms with Gasteiger partial charge in [-0.25, -0.2) is 0 Å². The molecule has 1 fully saturated rings. The Balaban J connectivity index is 1.39. The summed E-state index contributed by atoms with van der Waals surface area (Å²) in [7, 11) is 0. The number of nitrogens with zero attached hydrogens (tertiary/aromatic N) is 2. The fraction of sp³-hybridized carbons (Fsp3) is 0.524. The maximum Gasteiger partial charge on any atom is 0.226 e. The normalized spacial score (nSPS) is 19.9. The predicted octanol–water partition coefficient (Wildman–Crippen LogP) is 2.68. The highest BCUT2D eigenvalue weighted by Gasteiger charge is 2.32. The number of nitrogens with one attached hydrogen (secondary N) is 2. The van der Waals surface area contributed by atoms with Crippen LogP contribution in [0.1, 0.15) is 42.0 Å². The van der Waals surface area contributed by atoms with Gasteiger partial charge in [0.05, 0.1) is 19.8 Å². The van der Waals surface area contributed by atoms with Crippen LogP contribution in [-0.2, 0) is 9.53 Å². The van der Waals surface area contributed by atoms with Gasteiger partial charge in [0.15, 0.2) is 5.82 Å². The first-order valence-corrected chi connectivity index (χ1v) is 10.1. The van der Waals surface area contributed by atoms with Crippen LogP contribution in [0.25, 0.3) is 0 Å². The van der Waals surface area contributed by atoms with E-state index in [-0.39, 0.29) is 11.8 Å². The van der Waals surface area contributed by atoms with Gasteiger partial charge >= 0.3 is 0 Å². The van der Waals surface area contributed by atoms with E-state index in [4.69, 9.17) is 9.47 Å². The molecule has 0 bridgehead atoms. The van der Waals surface area contributed by atoms with E-state index in [0.717, 1.165) is 68.3 Å². The second kappa shape index (κ2) is 8.75. The number of benzene rings is 1. The van der Waals surface area contributed by atoms with Crippen LogP contribution in [0.15, 0.2) is 24.3 Å². The van der Waals surface area contributed by atoms with E-state index < -0.39 is 0 Å². The van der Waals surface area contributed by atoms with Crippen molar-refractivity contribution < 1.29 is 14.3 Å². The average Bonchev–Trinajstić information content (AvgIpc) is 3.09. The number of H-pyrrole nitrogens is 1. The molecule has 1 saturated heterocycles. The number of aryl methyl sites for hydroxylation is 1. The molecule has 2 aliphatic heterocycles. The van der Waals surface area contributed by atoms with Crippen molar-refractivity contribution in [1.29, 1.82) is 0 Å². The summed E-state index contributed by atoms with van der Waals surface area (Å²) in [4.78, 5) is 14.6. The first kappa shape index (κ1) is 19.0. The summed E-state index contributed by atoms with van der Waals surface area (Å²) in [6.07, 6.45) is 2.52. The smallest absolute Gasteiger partial charge is 0.226 e. The highest BCUT2D eigenvalue weighted by atomic mass is 16.5. The van der Waals surface area contributed by atoms with E-state index in [1.54, 1.807) is 0 Å². The van der Waals surface area contributed by atoms with E-state index in [1.165, 1.54) is 0 Å². The minimum absolute atomic E-state index is 0.00989. The van der Waals surface area contributed by atoms with Gasteiger partial charge in [-0.15, -0.1) is 0 Å².